The van der Waals surface area contributed by atoms with E-state index < -0.39 is 16.5 Å². The van der Waals surface area contributed by atoms with E-state index in [1.807, 2.05) is 0 Å². The van der Waals surface area contributed by atoms with Crippen molar-refractivity contribution < 1.29 is 16.5 Å². The molecule has 0 fully saturated rings. The summed E-state index contributed by atoms with van der Waals surface area (Å²) in [5, 5.41) is 1.46. The zero-order valence-electron chi connectivity index (χ0n) is 8.34. The van der Waals surface area contributed by atoms with Crippen molar-refractivity contribution >= 4 is 42.0 Å². The summed E-state index contributed by atoms with van der Waals surface area (Å²) in [4.78, 5) is 7.52. The molecule has 2 aromatic rings. The first kappa shape index (κ1) is 17.1. The van der Waals surface area contributed by atoms with Crippen LogP contribution in [-0.4, -0.2) is 9.97 Å². The Morgan fingerprint density at radius 2 is 0.941 bits per heavy atom. The fraction of sp³-hybridized carbons (Fsp3) is 0. The van der Waals surface area contributed by atoms with Gasteiger partial charge in [-0.3, -0.25) is 9.97 Å². The number of rotatable bonds is 0. The van der Waals surface area contributed by atoms with Gasteiger partial charge in [0, 0.05) is 34.8 Å². The molecule has 0 radical (unpaired) electrons. The van der Waals surface area contributed by atoms with Crippen molar-refractivity contribution in [2.24, 2.45) is 0 Å². The van der Waals surface area contributed by atoms with Crippen LogP contribution in [-0.2, 0) is 16.5 Å². The van der Waals surface area contributed by atoms with Crippen LogP contribution in [0.15, 0.2) is 49.1 Å². The van der Waals surface area contributed by atoms with Crippen molar-refractivity contribution in [1.29, 1.82) is 0 Å². The molecule has 0 aliphatic carbocycles. The molecule has 0 unspecified atom stereocenters. The SMILES string of the molecule is Clc1ccncc1.Clc1ccncc1.[Cl][Pt][Cl]. The molecule has 2 nitrogen and oxygen atoms in total. The molecule has 0 N–H and O–H groups in total. The summed E-state index contributed by atoms with van der Waals surface area (Å²) in [6, 6.07) is 6.95. The minimum absolute atomic E-state index is 0.472. The van der Waals surface area contributed by atoms with Crippen molar-refractivity contribution in [2.75, 3.05) is 0 Å². The van der Waals surface area contributed by atoms with E-state index in [0.717, 1.165) is 10.0 Å². The molecular weight excluding hydrogens is 485 g/mol. The van der Waals surface area contributed by atoms with E-state index in [0.29, 0.717) is 0 Å². The number of hydrogen-bond donors (Lipinski definition) is 0. The zero-order valence-corrected chi connectivity index (χ0v) is 13.6. The Morgan fingerprint density at radius 3 is 1.06 bits per heavy atom. The van der Waals surface area contributed by atoms with Gasteiger partial charge in [-0.1, -0.05) is 23.2 Å². The van der Waals surface area contributed by atoms with Gasteiger partial charge in [0.15, 0.2) is 0 Å². The second kappa shape index (κ2) is 12.6. The van der Waals surface area contributed by atoms with Gasteiger partial charge in [0.05, 0.1) is 0 Å². The molecule has 0 saturated heterocycles. The topological polar surface area (TPSA) is 25.8 Å². The van der Waals surface area contributed by atoms with Crippen LogP contribution in [0.1, 0.15) is 0 Å². The third-order valence-corrected chi connectivity index (χ3v) is 1.78. The Labute approximate surface area is 127 Å². The Kier molecular flexibility index (Phi) is 12.7. The predicted molar refractivity (Wildman–Crippen MR) is 70.2 cm³/mol. The zero-order chi connectivity index (χ0) is 12.9. The number of halogens is 4. The van der Waals surface area contributed by atoms with E-state index in [-0.39, 0.29) is 0 Å². The molecule has 0 saturated carbocycles. The maximum absolute atomic E-state index is 5.50. The van der Waals surface area contributed by atoms with Crippen LogP contribution in [0.2, 0.25) is 10.0 Å². The number of nitrogens with zero attached hydrogens (tertiary/aromatic N) is 2. The van der Waals surface area contributed by atoms with Crippen LogP contribution in [0.3, 0.4) is 0 Å². The number of hydrogen-bond acceptors (Lipinski definition) is 2. The van der Waals surface area contributed by atoms with Gasteiger partial charge in [0.25, 0.3) is 0 Å². The van der Waals surface area contributed by atoms with Gasteiger partial charge in [-0.25, -0.2) is 0 Å². The van der Waals surface area contributed by atoms with Gasteiger partial charge in [-0.15, -0.1) is 0 Å². The Morgan fingerprint density at radius 1 is 0.706 bits per heavy atom. The maximum atomic E-state index is 5.50. The van der Waals surface area contributed by atoms with Gasteiger partial charge in [-0.05, 0) is 24.3 Å². The van der Waals surface area contributed by atoms with Crippen molar-refractivity contribution in [3.8, 4) is 0 Å². The fourth-order valence-electron chi connectivity index (χ4n) is 0.667. The first-order chi connectivity index (χ1) is 8.20. The third-order valence-electron chi connectivity index (χ3n) is 1.28. The molecule has 2 heterocycles. The number of aromatic nitrogens is 2. The first-order valence-corrected chi connectivity index (χ1v) is 10.5. The Bertz CT molecular complexity index is 337. The van der Waals surface area contributed by atoms with Crippen LogP contribution in [0, 0.1) is 0 Å². The van der Waals surface area contributed by atoms with Crippen molar-refractivity contribution in [3.63, 3.8) is 0 Å². The monoisotopic (exact) mass is 491 g/mol. The van der Waals surface area contributed by atoms with Gasteiger partial charge in [-0.2, -0.15) is 0 Å². The van der Waals surface area contributed by atoms with E-state index in [2.05, 4.69) is 9.97 Å². The van der Waals surface area contributed by atoms with E-state index >= 15 is 0 Å². The Balaban J connectivity index is 0.000000247. The second-order valence-corrected chi connectivity index (χ2v) is 6.53. The predicted octanol–water partition coefficient (Wildman–Crippen LogP) is 4.85. The summed E-state index contributed by atoms with van der Waals surface area (Å²) in [5.74, 6) is 0. The van der Waals surface area contributed by atoms with Crippen molar-refractivity contribution in [2.45, 2.75) is 0 Å². The van der Waals surface area contributed by atoms with Crippen LogP contribution in [0.5, 0.6) is 0 Å². The molecule has 2 aromatic heterocycles. The molecule has 0 aliphatic rings. The van der Waals surface area contributed by atoms with Crippen molar-refractivity contribution in [1.82, 2.24) is 9.97 Å². The summed E-state index contributed by atoms with van der Waals surface area (Å²) in [7, 11) is 9.75. The summed E-state index contributed by atoms with van der Waals surface area (Å²) < 4.78 is 0. The summed E-state index contributed by atoms with van der Waals surface area (Å²) in [6.45, 7) is 0. The summed E-state index contributed by atoms with van der Waals surface area (Å²) in [6.07, 6.45) is 6.62. The van der Waals surface area contributed by atoms with Crippen LogP contribution in [0.25, 0.3) is 0 Å². The van der Waals surface area contributed by atoms with Crippen LogP contribution < -0.4 is 0 Å². The standard InChI is InChI=1S/2C5H4ClN.2ClH.Pt/c2*6-5-1-3-7-4-2-5;;;/h2*1-4H;2*1H;/q;;;;+2/p-2. The molecule has 2 rings (SSSR count). The molecular formula is C10H8Cl4N2Pt. The molecule has 17 heavy (non-hydrogen) atoms. The van der Waals surface area contributed by atoms with Gasteiger partial charge in [0.1, 0.15) is 0 Å². The minimum atomic E-state index is -0.472. The molecule has 96 valence electrons. The average Bonchev–Trinajstić information content (AvgIpc) is 2.33. The second-order valence-electron chi connectivity index (χ2n) is 2.38. The Hall–Kier alpha value is 0.148. The van der Waals surface area contributed by atoms with Crippen molar-refractivity contribution in [3.05, 3.63) is 59.1 Å². The van der Waals surface area contributed by atoms with Gasteiger partial charge >= 0.3 is 35.3 Å². The fourth-order valence-corrected chi connectivity index (χ4v) is 0.893. The molecule has 0 aliphatic heterocycles. The van der Waals surface area contributed by atoms with E-state index in [1.165, 1.54) is 0 Å². The first-order valence-electron chi connectivity index (χ1n) is 4.14. The molecule has 0 bridgehead atoms. The van der Waals surface area contributed by atoms with Gasteiger partial charge in [0.2, 0.25) is 0 Å². The number of pyridine rings is 2. The summed E-state index contributed by atoms with van der Waals surface area (Å²) in [5.41, 5.74) is 0. The quantitative estimate of drug-likeness (QED) is 0.525. The van der Waals surface area contributed by atoms with E-state index in [9.17, 15) is 0 Å². The molecule has 0 spiro atoms. The summed E-state index contributed by atoms with van der Waals surface area (Å²) >= 11 is 10.5. The molecule has 7 heteroatoms. The third kappa shape index (κ3) is 12.4. The molecule has 0 aromatic carbocycles. The molecule has 0 amide bonds. The van der Waals surface area contributed by atoms with Crippen LogP contribution >= 0.6 is 42.0 Å². The van der Waals surface area contributed by atoms with Crippen LogP contribution in [0.4, 0.5) is 0 Å². The van der Waals surface area contributed by atoms with E-state index in [4.69, 9.17) is 42.0 Å². The molecule has 0 atom stereocenters. The normalized spacial score (nSPS) is 8.47. The average molecular weight is 493 g/mol. The van der Waals surface area contributed by atoms with E-state index in [1.54, 1.807) is 49.1 Å². The van der Waals surface area contributed by atoms with Gasteiger partial charge < -0.3 is 0 Å².